The van der Waals surface area contributed by atoms with E-state index in [-0.39, 0.29) is 36.3 Å². The van der Waals surface area contributed by atoms with Crippen molar-refractivity contribution >= 4 is 28.2 Å². The zero-order valence-corrected chi connectivity index (χ0v) is 29.5. The first-order chi connectivity index (χ1) is 22.8. The summed E-state index contributed by atoms with van der Waals surface area (Å²) in [7, 11) is 2.12. The number of aryl methyl sites for hydroxylation is 1. The minimum absolute atomic E-state index is 0.0112. The van der Waals surface area contributed by atoms with Crippen LogP contribution in [0.3, 0.4) is 0 Å². The summed E-state index contributed by atoms with van der Waals surface area (Å²) < 4.78 is 18.2. The van der Waals surface area contributed by atoms with Crippen LogP contribution in [0.2, 0.25) is 0 Å². The summed E-state index contributed by atoms with van der Waals surface area (Å²) in [5, 5.41) is 14.9. The number of nitriles is 1. The fraction of sp³-hybridized carbons (Fsp3) is 0.647. The molecule has 256 valence electrons. The molecule has 3 aromatic heterocycles. The Labute approximate surface area is 285 Å². The average molecular weight is 676 g/mol. The minimum atomic E-state index is -0.647. The number of piperazine rings is 1. The van der Waals surface area contributed by atoms with Gasteiger partial charge in [0, 0.05) is 35.6 Å². The molecule has 2 bridgehead atoms. The van der Waals surface area contributed by atoms with E-state index in [2.05, 4.69) is 41.9 Å². The van der Waals surface area contributed by atoms with Crippen molar-refractivity contribution in [2.45, 2.75) is 115 Å². The number of hydrogen-bond donors (Lipinski definition) is 1. The molecule has 5 atom stereocenters. The maximum absolute atomic E-state index is 13.1. The quantitative estimate of drug-likeness (QED) is 0.367. The SMILES string of the molecule is C[C@H](Oc1nc(-c2noc(C3(C)CCCc4sc(N)c(C#N)c43)n2)cc(N2C[C@H]3CC[C@@H](C2)N3C(=O)OC(C)(C)C)n1)[C@@H]1CCCN1C. The second-order valence-electron chi connectivity index (χ2n) is 14.9. The number of nitrogens with zero attached hydrogens (tertiary/aromatic N) is 8. The molecule has 0 spiro atoms. The van der Waals surface area contributed by atoms with E-state index in [1.165, 1.54) is 11.3 Å². The number of fused-ring (bicyclic) bond motifs is 3. The van der Waals surface area contributed by atoms with Crippen LogP contribution in [0.15, 0.2) is 10.6 Å². The van der Waals surface area contributed by atoms with Crippen LogP contribution >= 0.6 is 11.3 Å². The lowest BCUT2D eigenvalue weighted by atomic mass is 9.72. The number of hydrogen-bond acceptors (Lipinski definition) is 13. The summed E-state index contributed by atoms with van der Waals surface area (Å²) >= 11 is 1.47. The number of aromatic nitrogens is 4. The largest absolute Gasteiger partial charge is 0.459 e. The van der Waals surface area contributed by atoms with Gasteiger partial charge >= 0.3 is 12.1 Å². The Morgan fingerprint density at radius 2 is 1.94 bits per heavy atom. The lowest BCUT2D eigenvalue weighted by Crippen LogP contribution is -2.57. The fourth-order valence-corrected chi connectivity index (χ4v) is 9.27. The summed E-state index contributed by atoms with van der Waals surface area (Å²) in [5.74, 6) is 1.45. The number of thiophene rings is 1. The van der Waals surface area contributed by atoms with Crippen molar-refractivity contribution < 1.29 is 18.8 Å². The first kappa shape index (κ1) is 32.6. The molecule has 14 heteroatoms. The van der Waals surface area contributed by atoms with Gasteiger partial charge in [0.1, 0.15) is 34.3 Å². The number of ether oxygens (including phenoxy) is 2. The van der Waals surface area contributed by atoms with Crippen molar-refractivity contribution in [2.24, 2.45) is 0 Å². The van der Waals surface area contributed by atoms with Gasteiger partial charge in [-0.25, -0.2) is 4.79 Å². The van der Waals surface area contributed by atoms with E-state index < -0.39 is 11.0 Å². The van der Waals surface area contributed by atoms with E-state index in [9.17, 15) is 10.1 Å². The highest BCUT2D eigenvalue weighted by atomic mass is 32.1. The molecule has 3 saturated heterocycles. The highest BCUT2D eigenvalue weighted by molar-refractivity contribution is 7.16. The molecule has 48 heavy (non-hydrogen) atoms. The van der Waals surface area contributed by atoms with Gasteiger partial charge in [0.2, 0.25) is 11.7 Å². The number of rotatable bonds is 6. The Balaban J connectivity index is 1.22. The third kappa shape index (κ3) is 5.85. The summed E-state index contributed by atoms with van der Waals surface area (Å²) in [6, 6.07) is 4.74. The summed E-state index contributed by atoms with van der Waals surface area (Å²) in [6.07, 6.45) is 6.14. The van der Waals surface area contributed by atoms with Crippen LogP contribution in [-0.2, 0) is 16.6 Å². The first-order valence-electron chi connectivity index (χ1n) is 17.0. The smallest absolute Gasteiger partial charge is 0.410 e. The molecule has 0 aromatic carbocycles. The van der Waals surface area contributed by atoms with Crippen molar-refractivity contribution in [1.29, 1.82) is 5.26 Å². The normalized spacial score (nSPS) is 26.3. The monoisotopic (exact) mass is 675 g/mol. The van der Waals surface area contributed by atoms with Crippen LogP contribution in [-0.4, -0.2) is 92.5 Å². The second-order valence-corrected chi connectivity index (χ2v) is 16.1. The first-order valence-corrected chi connectivity index (χ1v) is 17.8. The molecule has 7 rings (SSSR count). The number of likely N-dealkylation sites (N-methyl/N-ethyl adjacent to an activating group) is 1. The van der Waals surface area contributed by atoms with E-state index in [0.717, 1.165) is 61.9 Å². The lowest BCUT2D eigenvalue weighted by Gasteiger charge is -2.41. The Morgan fingerprint density at radius 3 is 2.60 bits per heavy atom. The molecule has 4 aliphatic rings. The molecular formula is C34H45N9O4S. The minimum Gasteiger partial charge on any atom is -0.459 e. The molecular weight excluding hydrogens is 630 g/mol. The second kappa shape index (κ2) is 12.2. The third-order valence-electron chi connectivity index (χ3n) is 10.4. The highest BCUT2D eigenvalue weighted by Gasteiger charge is 2.46. The van der Waals surface area contributed by atoms with Crippen molar-refractivity contribution in [2.75, 3.05) is 37.3 Å². The van der Waals surface area contributed by atoms with Crippen LogP contribution in [0.4, 0.5) is 15.6 Å². The Bertz CT molecular complexity index is 1730. The lowest BCUT2D eigenvalue weighted by molar-refractivity contribution is 0.0122. The molecule has 6 heterocycles. The molecule has 3 aromatic rings. The van der Waals surface area contributed by atoms with Crippen molar-refractivity contribution in [3.8, 4) is 23.6 Å². The predicted molar refractivity (Wildman–Crippen MR) is 181 cm³/mol. The van der Waals surface area contributed by atoms with Crippen LogP contribution in [0, 0.1) is 11.3 Å². The van der Waals surface area contributed by atoms with Crippen molar-refractivity contribution in [3.63, 3.8) is 0 Å². The van der Waals surface area contributed by atoms with Crippen molar-refractivity contribution in [1.82, 2.24) is 29.9 Å². The fourth-order valence-electron chi connectivity index (χ4n) is 8.08. The van der Waals surface area contributed by atoms with Gasteiger partial charge in [-0.15, -0.1) is 11.3 Å². The Kier molecular flexibility index (Phi) is 8.26. The van der Waals surface area contributed by atoms with Crippen molar-refractivity contribution in [3.05, 3.63) is 28.0 Å². The van der Waals surface area contributed by atoms with E-state index >= 15 is 0 Å². The number of amides is 1. The standard InChI is InChI=1S/C34H45N9O4S/c1-19(24-9-8-14-41(24)6)45-31-37-23(15-26(38-31)42-17-20-11-12-21(18-42)43(20)32(44)46-33(2,3)4)29-39-30(47-40-29)34(5)13-7-10-25-27(34)22(16-35)28(36)48-25/h15,19-21,24H,7-14,17-18,36H2,1-6H3/t19-,20-,21+,24-,34?/m0/s1. The number of anilines is 2. The highest BCUT2D eigenvalue weighted by Crippen LogP contribution is 2.48. The van der Waals surface area contributed by atoms with Gasteiger partial charge in [0.05, 0.1) is 23.1 Å². The van der Waals surface area contributed by atoms with Gasteiger partial charge in [-0.1, -0.05) is 5.16 Å². The van der Waals surface area contributed by atoms with Gasteiger partial charge in [0.15, 0.2) is 0 Å². The zero-order valence-electron chi connectivity index (χ0n) is 28.7. The van der Waals surface area contributed by atoms with E-state index in [1.807, 2.05) is 31.7 Å². The molecule has 3 aliphatic heterocycles. The molecule has 1 aliphatic carbocycles. The molecule has 3 fully saturated rings. The molecule has 13 nitrogen and oxygen atoms in total. The number of nitrogen functional groups attached to an aromatic ring is 1. The van der Waals surface area contributed by atoms with Gasteiger partial charge in [-0.05, 0) is 93.2 Å². The number of nitrogens with two attached hydrogens (primary N) is 1. The molecule has 1 amide bonds. The van der Waals surface area contributed by atoms with E-state index in [4.69, 9.17) is 34.7 Å². The maximum Gasteiger partial charge on any atom is 0.410 e. The molecule has 1 unspecified atom stereocenters. The van der Waals surface area contributed by atoms with Crippen LogP contribution in [0.1, 0.15) is 95.0 Å². The predicted octanol–water partition coefficient (Wildman–Crippen LogP) is 5.13. The molecule has 2 N–H and O–H groups in total. The van der Waals surface area contributed by atoms with E-state index in [0.29, 0.717) is 46.9 Å². The number of likely N-dealkylation sites (tertiary alicyclic amines) is 1. The molecule has 0 radical (unpaired) electrons. The third-order valence-corrected chi connectivity index (χ3v) is 11.5. The average Bonchev–Trinajstić information content (AvgIpc) is 3.81. The van der Waals surface area contributed by atoms with Gasteiger partial charge in [0.25, 0.3) is 0 Å². The maximum atomic E-state index is 13.1. The zero-order chi connectivity index (χ0) is 34.0. The van der Waals surface area contributed by atoms with Crippen LogP contribution in [0.5, 0.6) is 6.01 Å². The topological polar surface area (TPSA) is 160 Å². The summed E-state index contributed by atoms with van der Waals surface area (Å²) in [5.41, 5.74) is 6.95. The Morgan fingerprint density at radius 1 is 1.19 bits per heavy atom. The molecule has 0 saturated carbocycles. The van der Waals surface area contributed by atoms with Crippen LogP contribution < -0.4 is 15.4 Å². The van der Waals surface area contributed by atoms with Gasteiger partial charge in [-0.3, -0.25) is 9.80 Å². The Hall–Kier alpha value is -3.96. The number of carbonyl (C=O) groups excluding carboxylic acids is 1. The van der Waals surface area contributed by atoms with Gasteiger partial charge < -0.3 is 24.6 Å². The van der Waals surface area contributed by atoms with Gasteiger partial charge in [-0.2, -0.15) is 20.2 Å². The van der Waals surface area contributed by atoms with E-state index in [1.54, 1.807) is 0 Å². The summed E-state index contributed by atoms with van der Waals surface area (Å²) in [6.45, 7) is 12.1. The van der Waals surface area contributed by atoms with Crippen LogP contribution in [0.25, 0.3) is 11.5 Å². The summed E-state index contributed by atoms with van der Waals surface area (Å²) in [4.78, 5) is 35.3. The number of carbonyl (C=O) groups is 1.